The van der Waals surface area contributed by atoms with Crippen molar-refractivity contribution < 1.29 is 14.4 Å². The van der Waals surface area contributed by atoms with Gasteiger partial charge in [-0.15, -0.1) is 0 Å². The van der Waals surface area contributed by atoms with Gasteiger partial charge in [0.1, 0.15) is 0 Å². The van der Waals surface area contributed by atoms with Crippen molar-refractivity contribution in [3.8, 4) is 0 Å². The Morgan fingerprint density at radius 3 is 2.48 bits per heavy atom. The highest BCUT2D eigenvalue weighted by Crippen LogP contribution is 2.34. The minimum Gasteiger partial charge on any atom is -0.326 e. The number of hydrogen-bond acceptors (Lipinski definition) is 3. The normalized spacial score (nSPS) is 18.2. The average Bonchev–Trinajstić information content (AvgIpc) is 3.23. The van der Waals surface area contributed by atoms with Gasteiger partial charge in [0, 0.05) is 43.5 Å². The second-order valence-corrected chi connectivity index (χ2v) is 8.00. The second kappa shape index (κ2) is 7.35. The van der Waals surface area contributed by atoms with E-state index in [-0.39, 0.29) is 30.1 Å². The molecular formula is C23H25N3O3. The predicted octanol–water partition coefficient (Wildman–Crippen LogP) is 3.20. The molecule has 1 N–H and O–H groups in total. The molecule has 2 heterocycles. The monoisotopic (exact) mass is 391 g/mol. The molecule has 1 atom stereocenters. The van der Waals surface area contributed by atoms with Gasteiger partial charge in [-0.2, -0.15) is 0 Å². The van der Waals surface area contributed by atoms with Crippen LogP contribution >= 0.6 is 0 Å². The van der Waals surface area contributed by atoms with Crippen LogP contribution in [0.15, 0.2) is 36.4 Å². The Morgan fingerprint density at radius 1 is 1.07 bits per heavy atom. The third-order valence-electron chi connectivity index (χ3n) is 5.64. The lowest BCUT2D eigenvalue weighted by Gasteiger charge is -2.19. The average molecular weight is 391 g/mol. The lowest BCUT2D eigenvalue weighted by Crippen LogP contribution is -2.28. The molecule has 1 saturated heterocycles. The molecule has 29 heavy (non-hydrogen) atoms. The third kappa shape index (κ3) is 3.75. The van der Waals surface area contributed by atoms with E-state index in [1.54, 1.807) is 16.7 Å². The Balaban J connectivity index is 1.48. The van der Waals surface area contributed by atoms with E-state index >= 15 is 0 Å². The number of nitrogens with zero attached hydrogens (tertiary/aromatic N) is 2. The molecule has 1 unspecified atom stereocenters. The van der Waals surface area contributed by atoms with Crippen molar-refractivity contribution in [1.82, 2.24) is 0 Å². The molecule has 2 aliphatic rings. The zero-order valence-electron chi connectivity index (χ0n) is 17.0. The van der Waals surface area contributed by atoms with E-state index in [0.29, 0.717) is 13.1 Å². The Kier molecular flexibility index (Phi) is 4.86. The maximum atomic E-state index is 12.7. The fourth-order valence-corrected chi connectivity index (χ4v) is 4.31. The Morgan fingerprint density at radius 2 is 1.79 bits per heavy atom. The van der Waals surface area contributed by atoms with E-state index in [1.807, 2.05) is 44.2 Å². The highest BCUT2D eigenvalue weighted by Gasteiger charge is 2.36. The first-order valence-electron chi connectivity index (χ1n) is 9.92. The minimum absolute atomic E-state index is 0.0249. The third-order valence-corrected chi connectivity index (χ3v) is 5.64. The smallest absolute Gasteiger partial charge is 0.229 e. The highest BCUT2D eigenvalue weighted by atomic mass is 16.2. The van der Waals surface area contributed by atoms with Crippen LogP contribution in [0.4, 0.5) is 17.1 Å². The van der Waals surface area contributed by atoms with Gasteiger partial charge in [0.05, 0.1) is 5.92 Å². The number of benzene rings is 2. The van der Waals surface area contributed by atoms with Crippen LogP contribution < -0.4 is 15.1 Å². The summed E-state index contributed by atoms with van der Waals surface area (Å²) in [4.78, 5) is 40.5. The zero-order chi connectivity index (χ0) is 20.7. The van der Waals surface area contributed by atoms with Crippen LogP contribution in [0.1, 0.15) is 30.0 Å². The summed E-state index contributed by atoms with van der Waals surface area (Å²) in [6.45, 7) is 6.58. The lowest BCUT2D eigenvalue weighted by molar-refractivity contribution is -0.122. The summed E-state index contributed by atoms with van der Waals surface area (Å²) >= 11 is 0. The maximum absolute atomic E-state index is 12.7. The maximum Gasteiger partial charge on any atom is 0.229 e. The molecule has 6 nitrogen and oxygen atoms in total. The van der Waals surface area contributed by atoms with Gasteiger partial charge in [-0.05, 0) is 67.3 Å². The first kappa shape index (κ1) is 19.2. The van der Waals surface area contributed by atoms with Crippen LogP contribution in [0, 0.1) is 19.8 Å². The Hall–Kier alpha value is -3.15. The molecule has 0 spiro atoms. The fourth-order valence-electron chi connectivity index (χ4n) is 4.31. The van der Waals surface area contributed by atoms with Gasteiger partial charge in [-0.1, -0.05) is 6.07 Å². The van der Waals surface area contributed by atoms with Crippen LogP contribution in [0.2, 0.25) is 0 Å². The molecule has 2 aromatic rings. The minimum atomic E-state index is -0.384. The molecule has 0 bridgehead atoms. The quantitative estimate of drug-likeness (QED) is 0.874. The van der Waals surface area contributed by atoms with Gasteiger partial charge in [0.25, 0.3) is 0 Å². The van der Waals surface area contributed by atoms with Crippen LogP contribution in [0.25, 0.3) is 0 Å². The van der Waals surface area contributed by atoms with Gasteiger partial charge in [-0.3, -0.25) is 14.4 Å². The summed E-state index contributed by atoms with van der Waals surface area (Å²) in [5.41, 5.74) is 5.70. The van der Waals surface area contributed by atoms with Crippen molar-refractivity contribution in [2.75, 3.05) is 28.2 Å². The molecule has 6 heteroatoms. The highest BCUT2D eigenvalue weighted by molar-refractivity contribution is 6.04. The van der Waals surface area contributed by atoms with Gasteiger partial charge in [0.15, 0.2) is 0 Å². The summed E-state index contributed by atoms with van der Waals surface area (Å²) in [7, 11) is 0. The van der Waals surface area contributed by atoms with Crippen LogP contribution in [-0.4, -0.2) is 30.8 Å². The first-order chi connectivity index (χ1) is 13.8. The number of amides is 3. The number of fused-ring (bicyclic) bond motifs is 1. The van der Waals surface area contributed by atoms with Gasteiger partial charge in [-0.25, -0.2) is 0 Å². The largest absolute Gasteiger partial charge is 0.326 e. The number of carbonyl (C=O) groups is 3. The van der Waals surface area contributed by atoms with E-state index < -0.39 is 0 Å². The van der Waals surface area contributed by atoms with Crippen molar-refractivity contribution in [2.24, 2.45) is 5.92 Å². The van der Waals surface area contributed by atoms with Crippen LogP contribution in [0.5, 0.6) is 0 Å². The summed E-state index contributed by atoms with van der Waals surface area (Å²) in [5.74, 6) is -0.538. The van der Waals surface area contributed by atoms with Crippen molar-refractivity contribution in [3.05, 3.63) is 53.1 Å². The fraction of sp³-hybridized carbons (Fsp3) is 0.348. The summed E-state index contributed by atoms with van der Waals surface area (Å²) in [6.07, 6.45) is 0.981. The second-order valence-electron chi connectivity index (χ2n) is 8.00. The molecular weight excluding hydrogens is 366 g/mol. The predicted molar refractivity (Wildman–Crippen MR) is 113 cm³/mol. The molecule has 150 valence electrons. The molecule has 0 aromatic heterocycles. The van der Waals surface area contributed by atoms with Crippen molar-refractivity contribution >= 4 is 34.8 Å². The summed E-state index contributed by atoms with van der Waals surface area (Å²) < 4.78 is 0. The molecule has 2 aliphatic heterocycles. The van der Waals surface area contributed by atoms with Gasteiger partial charge < -0.3 is 15.1 Å². The zero-order valence-corrected chi connectivity index (χ0v) is 17.0. The van der Waals surface area contributed by atoms with E-state index in [1.165, 1.54) is 0 Å². The van der Waals surface area contributed by atoms with E-state index in [0.717, 1.165) is 40.2 Å². The van der Waals surface area contributed by atoms with Crippen LogP contribution in [0.3, 0.4) is 0 Å². The Bertz CT molecular complexity index is 994. The molecule has 2 aromatic carbocycles. The number of carbonyl (C=O) groups excluding carboxylic acids is 3. The number of hydrogen-bond donors (Lipinski definition) is 1. The summed E-state index contributed by atoms with van der Waals surface area (Å²) in [6, 6.07) is 11.6. The van der Waals surface area contributed by atoms with E-state index in [9.17, 15) is 14.4 Å². The van der Waals surface area contributed by atoms with Crippen LogP contribution in [-0.2, 0) is 20.8 Å². The van der Waals surface area contributed by atoms with E-state index in [2.05, 4.69) is 11.4 Å². The Labute approximate surface area is 170 Å². The van der Waals surface area contributed by atoms with E-state index in [4.69, 9.17) is 0 Å². The molecule has 1 fully saturated rings. The lowest BCUT2D eigenvalue weighted by atomic mass is 10.1. The van der Waals surface area contributed by atoms with Crippen molar-refractivity contribution in [3.63, 3.8) is 0 Å². The molecule has 0 saturated carbocycles. The van der Waals surface area contributed by atoms with Gasteiger partial charge in [0.2, 0.25) is 17.7 Å². The number of anilines is 3. The molecule has 3 amide bonds. The molecule has 0 radical (unpaired) electrons. The first-order valence-corrected chi connectivity index (χ1v) is 9.92. The molecule has 0 aliphatic carbocycles. The molecule has 4 rings (SSSR count). The van der Waals surface area contributed by atoms with Crippen molar-refractivity contribution in [2.45, 2.75) is 33.6 Å². The number of nitrogens with one attached hydrogen (secondary N) is 1. The number of aryl methyl sites for hydroxylation is 2. The van der Waals surface area contributed by atoms with Gasteiger partial charge >= 0.3 is 0 Å². The SMILES string of the molecule is CC(=O)N1CCc2cc(N3CC(C(=O)Nc4cc(C)cc(C)c4)CC3=O)ccc21. The summed E-state index contributed by atoms with van der Waals surface area (Å²) in [5, 5.41) is 2.96. The topological polar surface area (TPSA) is 69.7 Å². The standard InChI is InChI=1S/C23H25N3O3/c1-14-8-15(2)10-19(9-14)24-23(29)18-12-22(28)26(13-18)20-4-5-21-17(11-20)6-7-25(21)16(3)27/h4-5,8-11,18H,6-7,12-13H2,1-3H3,(H,24,29). The van der Waals surface area contributed by atoms with Crippen molar-refractivity contribution in [1.29, 1.82) is 0 Å². The number of rotatable bonds is 3.